The zero-order valence-electron chi connectivity index (χ0n) is 12.3. The SMILES string of the molecule is O=C(NCC1CCOCC1)c1csc2ccc(C(F)(F)F)cc12. The van der Waals surface area contributed by atoms with Crippen LogP contribution in [0.2, 0.25) is 0 Å². The summed E-state index contributed by atoms with van der Waals surface area (Å²) >= 11 is 1.27. The Balaban J connectivity index is 1.77. The van der Waals surface area contributed by atoms with Gasteiger partial charge in [0.15, 0.2) is 0 Å². The Morgan fingerprint density at radius 3 is 2.74 bits per heavy atom. The quantitative estimate of drug-likeness (QED) is 0.912. The van der Waals surface area contributed by atoms with Crippen LogP contribution in [-0.4, -0.2) is 25.7 Å². The summed E-state index contributed by atoms with van der Waals surface area (Å²) in [6.45, 7) is 1.91. The van der Waals surface area contributed by atoms with E-state index in [0.717, 1.165) is 25.0 Å². The normalized spacial score (nSPS) is 16.7. The molecule has 3 rings (SSSR count). The lowest BCUT2D eigenvalue weighted by atomic mass is 10.0. The largest absolute Gasteiger partial charge is 0.416 e. The van der Waals surface area contributed by atoms with Crippen LogP contribution in [0.25, 0.3) is 10.1 Å². The Kier molecular flexibility index (Phi) is 4.59. The summed E-state index contributed by atoms with van der Waals surface area (Å²) in [5.74, 6) is 0.0467. The third-order valence-corrected chi connectivity index (χ3v) is 5.00. The predicted molar refractivity (Wildman–Crippen MR) is 82.7 cm³/mol. The molecule has 1 fully saturated rings. The lowest BCUT2D eigenvalue weighted by molar-refractivity contribution is -0.137. The monoisotopic (exact) mass is 343 g/mol. The zero-order chi connectivity index (χ0) is 16.4. The van der Waals surface area contributed by atoms with E-state index in [2.05, 4.69) is 5.32 Å². The summed E-state index contributed by atoms with van der Waals surface area (Å²) in [7, 11) is 0. The number of carbonyl (C=O) groups is 1. The number of amides is 1. The second-order valence-electron chi connectivity index (χ2n) is 5.62. The average molecular weight is 343 g/mol. The molecular formula is C16H16F3NO2S. The fourth-order valence-corrected chi connectivity index (χ4v) is 3.59. The van der Waals surface area contributed by atoms with Gasteiger partial charge in [0.2, 0.25) is 0 Å². The van der Waals surface area contributed by atoms with Gasteiger partial charge in [0.05, 0.1) is 11.1 Å². The van der Waals surface area contributed by atoms with Crippen molar-refractivity contribution in [1.82, 2.24) is 5.32 Å². The third-order valence-electron chi connectivity index (χ3n) is 4.04. The van der Waals surface area contributed by atoms with Crippen molar-refractivity contribution in [3.63, 3.8) is 0 Å². The standard InChI is InChI=1S/C16H16F3NO2S/c17-16(18,19)11-1-2-14-12(7-11)13(9-23-14)15(21)20-8-10-3-5-22-6-4-10/h1-2,7,9-10H,3-6,8H2,(H,20,21). The van der Waals surface area contributed by atoms with E-state index in [4.69, 9.17) is 4.74 Å². The van der Waals surface area contributed by atoms with Crippen LogP contribution in [0.15, 0.2) is 23.6 Å². The highest BCUT2D eigenvalue weighted by Crippen LogP contribution is 2.34. The van der Waals surface area contributed by atoms with Gasteiger partial charge in [-0.05, 0) is 37.0 Å². The Bertz CT molecular complexity index is 705. The number of fused-ring (bicyclic) bond motifs is 1. The summed E-state index contributed by atoms with van der Waals surface area (Å²) in [5.41, 5.74) is -0.426. The van der Waals surface area contributed by atoms with Gasteiger partial charge in [0.1, 0.15) is 0 Å². The number of halogens is 3. The average Bonchev–Trinajstić information content (AvgIpc) is 2.96. The highest BCUT2D eigenvalue weighted by atomic mass is 32.1. The molecule has 1 amide bonds. The van der Waals surface area contributed by atoms with E-state index in [1.807, 2.05) is 0 Å². The molecule has 2 aromatic rings. The number of alkyl halides is 3. The molecule has 0 aliphatic carbocycles. The smallest absolute Gasteiger partial charge is 0.381 e. The zero-order valence-corrected chi connectivity index (χ0v) is 13.1. The van der Waals surface area contributed by atoms with E-state index < -0.39 is 11.7 Å². The molecule has 0 spiro atoms. The van der Waals surface area contributed by atoms with Crippen LogP contribution in [0.4, 0.5) is 13.2 Å². The van der Waals surface area contributed by atoms with Crippen LogP contribution in [0, 0.1) is 5.92 Å². The van der Waals surface area contributed by atoms with Gasteiger partial charge < -0.3 is 10.1 Å². The van der Waals surface area contributed by atoms with Gasteiger partial charge in [-0.2, -0.15) is 13.2 Å². The van der Waals surface area contributed by atoms with E-state index in [-0.39, 0.29) is 5.91 Å². The van der Waals surface area contributed by atoms with Gasteiger partial charge in [-0.15, -0.1) is 11.3 Å². The molecule has 1 N–H and O–H groups in total. The Morgan fingerprint density at radius 1 is 1.30 bits per heavy atom. The molecule has 1 aliphatic rings. The fraction of sp³-hybridized carbons (Fsp3) is 0.438. The lowest BCUT2D eigenvalue weighted by Gasteiger charge is -2.22. The molecule has 1 aliphatic heterocycles. The second kappa shape index (κ2) is 6.49. The lowest BCUT2D eigenvalue weighted by Crippen LogP contribution is -2.32. The number of rotatable bonds is 3. The van der Waals surface area contributed by atoms with Crippen molar-refractivity contribution in [3.05, 3.63) is 34.7 Å². The Labute approximate surface area is 135 Å². The van der Waals surface area contributed by atoms with Crippen LogP contribution < -0.4 is 5.32 Å². The summed E-state index contributed by atoms with van der Waals surface area (Å²) in [6.07, 6.45) is -2.63. The molecule has 0 atom stereocenters. The number of hydrogen-bond donors (Lipinski definition) is 1. The summed E-state index contributed by atoms with van der Waals surface area (Å²) in [4.78, 5) is 12.3. The third kappa shape index (κ3) is 3.67. The van der Waals surface area contributed by atoms with Gasteiger partial charge in [-0.3, -0.25) is 4.79 Å². The molecule has 3 nitrogen and oxygen atoms in total. The molecule has 124 valence electrons. The topological polar surface area (TPSA) is 38.3 Å². The molecule has 1 aromatic heterocycles. The van der Waals surface area contributed by atoms with Crippen molar-refractivity contribution in [2.45, 2.75) is 19.0 Å². The summed E-state index contributed by atoms with van der Waals surface area (Å²) in [6, 6.07) is 3.51. The van der Waals surface area contributed by atoms with Crippen LogP contribution in [0.5, 0.6) is 0 Å². The van der Waals surface area contributed by atoms with Crippen molar-refractivity contribution in [2.75, 3.05) is 19.8 Å². The van der Waals surface area contributed by atoms with Crippen molar-refractivity contribution in [3.8, 4) is 0 Å². The maximum atomic E-state index is 12.8. The highest BCUT2D eigenvalue weighted by molar-refractivity contribution is 7.17. The maximum absolute atomic E-state index is 12.8. The predicted octanol–water partition coefficient (Wildman–Crippen LogP) is 4.08. The van der Waals surface area contributed by atoms with Crippen molar-refractivity contribution >= 4 is 27.3 Å². The van der Waals surface area contributed by atoms with Crippen molar-refractivity contribution in [1.29, 1.82) is 0 Å². The minimum absolute atomic E-state index is 0.308. The first-order chi connectivity index (χ1) is 10.9. The Hall–Kier alpha value is -1.60. The molecule has 0 unspecified atom stereocenters. The molecule has 0 radical (unpaired) electrons. The molecule has 1 saturated heterocycles. The molecule has 7 heteroatoms. The van der Waals surface area contributed by atoms with E-state index >= 15 is 0 Å². The Morgan fingerprint density at radius 2 is 2.04 bits per heavy atom. The first-order valence-corrected chi connectivity index (χ1v) is 8.27. The molecule has 23 heavy (non-hydrogen) atoms. The maximum Gasteiger partial charge on any atom is 0.416 e. The van der Waals surface area contributed by atoms with Gasteiger partial charge in [-0.1, -0.05) is 0 Å². The summed E-state index contributed by atoms with van der Waals surface area (Å²) < 4.78 is 44.4. The number of carbonyl (C=O) groups excluding carboxylic acids is 1. The van der Waals surface area contributed by atoms with Gasteiger partial charge >= 0.3 is 6.18 Å². The molecule has 1 aromatic carbocycles. The number of benzene rings is 1. The number of ether oxygens (including phenoxy) is 1. The van der Waals surface area contributed by atoms with Crippen molar-refractivity contribution in [2.24, 2.45) is 5.92 Å². The van der Waals surface area contributed by atoms with E-state index in [1.165, 1.54) is 17.4 Å². The molecule has 0 bridgehead atoms. The highest BCUT2D eigenvalue weighted by Gasteiger charge is 2.31. The second-order valence-corrected chi connectivity index (χ2v) is 6.54. The van der Waals surface area contributed by atoms with E-state index in [0.29, 0.717) is 41.3 Å². The van der Waals surface area contributed by atoms with Crippen molar-refractivity contribution < 1.29 is 22.7 Å². The minimum atomic E-state index is -4.41. The molecule has 0 saturated carbocycles. The number of nitrogens with one attached hydrogen (secondary N) is 1. The van der Waals surface area contributed by atoms with Gasteiger partial charge in [0, 0.05) is 35.2 Å². The van der Waals surface area contributed by atoms with Crippen LogP contribution in [0.1, 0.15) is 28.8 Å². The number of thiophene rings is 1. The summed E-state index contributed by atoms with van der Waals surface area (Å²) in [5, 5.41) is 4.81. The van der Waals surface area contributed by atoms with Crippen LogP contribution in [0.3, 0.4) is 0 Å². The fourth-order valence-electron chi connectivity index (χ4n) is 2.66. The molecular weight excluding hydrogens is 327 g/mol. The molecule has 2 heterocycles. The van der Waals surface area contributed by atoms with Gasteiger partial charge in [0.25, 0.3) is 5.91 Å². The first-order valence-electron chi connectivity index (χ1n) is 7.39. The first kappa shape index (κ1) is 16.3. The number of hydrogen-bond acceptors (Lipinski definition) is 3. The van der Waals surface area contributed by atoms with Gasteiger partial charge in [-0.25, -0.2) is 0 Å². The van der Waals surface area contributed by atoms with E-state index in [1.54, 1.807) is 5.38 Å². The van der Waals surface area contributed by atoms with Crippen LogP contribution >= 0.6 is 11.3 Å². The van der Waals surface area contributed by atoms with Crippen LogP contribution in [-0.2, 0) is 10.9 Å². The van der Waals surface area contributed by atoms with E-state index in [9.17, 15) is 18.0 Å². The minimum Gasteiger partial charge on any atom is -0.381 e.